The third-order valence-electron chi connectivity index (χ3n) is 7.49. The Morgan fingerprint density at radius 2 is 1.65 bits per heavy atom. The molecule has 0 bridgehead atoms. The first-order valence-electron chi connectivity index (χ1n) is 12.3. The van der Waals surface area contributed by atoms with Crippen LogP contribution < -0.4 is 14.4 Å². The molecule has 0 radical (unpaired) electrons. The number of hydrogen-bond acceptors (Lipinski definition) is 6. The molecule has 2 fully saturated rings. The summed E-state index contributed by atoms with van der Waals surface area (Å²) in [7, 11) is 3.27. The van der Waals surface area contributed by atoms with Crippen molar-refractivity contribution in [1.82, 2.24) is 25.1 Å². The van der Waals surface area contributed by atoms with Crippen molar-refractivity contribution in [2.24, 2.45) is 0 Å². The van der Waals surface area contributed by atoms with Crippen molar-refractivity contribution in [3.63, 3.8) is 0 Å². The summed E-state index contributed by atoms with van der Waals surface area (Å²) in [5.41, 5.74) is 4.89. The Morgan fingerprint density at radius 3 is 2.41 bits per heavy atom. The van der Waals surface area contributed by atoms with Crippen LogP contribution in [0.4, 0.5) is 5.69 Å². The lowest BCUT2D eigenvalue weighted by Crippen LogP contribution is -2.46. The van der Waals surface area contributed by atoms with Gasteiger partial charge < -0.3 is 24.3 Å². The first-order valence-corrected chi connectivity index (χ1v) is 12.3. The number of fused-ring (bicyclic) bond motifs is 2. The molecule has 2 N–H and O–H groups in total. The van der Waals surface area contributed by atoms with E-state index in [0.29, 0.717) is 11.5 Å². The lowest BCUT2D eigenvalue weighted by Gasteiger charge is -2.41. The van der Waals surface area contributed by atoms with Gasteiger partial charge in [-0.05, 0) is 63.0 Å². The number of likely N-dealkylation sites (tertiary alicyclic amines) is 1. The smallest absolute Gasteiger partial charge is 0.162 e. The summed E-state index contributed by atoms with van der Waals surface area (Å²) < 4.78 is 10.9. The van der Waals surface area contributed by atoms with E-state index in [1.807, 2.05) is 12.1 Å². The monoisotopic (exact) mass is 460 g/mol. The number of aromatic amines is 2. The molecule has 0 amide bonds. The highest BCUT2D eigenvalue weighted by molar-refractivity contribution is 5.95. The molecule has 34 heavy (non-hydrogen) atoms. The van der Waals surface area contributed by atoms with Gasteiger partial charge >= 0.3 is 0 Å². The van der Waals surface area contributed by atoms with Crippen molar-refractivity contribution in [2.75, 3.05) is 45.3 Å². The zero-order chi connectivity index (χ0) is 23.1. The fourth-order valence-corrected chi connectivity index (χ4v) is 5.60. The largest absolute Gasteiger partial charge is 0.493 e. The number of ether oxygens (including phenoxy) is 2. The van der Waals surface area contributed by atoms with Gasteiger partial charge in [0.15, 0.2) is 17.3 Å². The van der Waals surface area contributed by atoms with Crippen LogP contribution in [-0.2, 0) is 0 Å². The van der Waals surface area contributed by atoms with Crippen molar-refractivity contribution in [3.05, 3.63) is 30.3 Å². The number of nitrogens with zero attached hydrogens (tertiary/aromatic N) is 4. The van der Waals surface area contributed by atoms with E-state index in [2.05, 4.69) is 43.2 Å². The van der Waals surface area contributed by atoms with Gasteiger partial charge in [0, 0.05) is 36.3 Å². The quantitative estimate of drug-likeness (QED) is 0.454. The Morgan fingerprint density at radius 1 is 0.882 bits per heavy atom. The number of methoxy groups -OCH3 is 2. The van der Waals surface area contributed by atoms with E-state index in [1.165, 1.54) is 50.9 Å². The third-order valence-corrected chi connectivity index (χ3v) is 7.49. The van der Waals surface area contributed by atoms with E-state index in [-0.39, 0.29) is 0 Å². The molecule has 2 aliphatic heterocycles. The van der Waals surface area contributed by atoms with Crippen molar-refractivity contribution in [3.8, 4) is 23.0 Å². The Hall–Kier alpha value is -3.26. The lowest BCUT2D eigenvalue weighted by atomic mass is 9.99. The summed E-state index contributed by atoms with van der Waals surface area (Å²) in [5.74, 6) is 2.09. The van der Waals surface area contributed by atoms with Gasteiger partial charge in [-0.1, -0.05) is 6.42 Å². The fourth-order valence-electron chi connectivity index (χ4n) is 5.60. The van der Waals surface area contributed by atoms with Crippen molar-refractivity contribution in [1.29, 1.82) is 0 Å². The Kier molecular flexibility index (Phi) is 5.53. The standard InChI is InChI=1S/C26H32N6O2/c1-33-23-15-19-21(16-24(23)34-2)29-30-25(19)26-27-20-7-6-18(14-22(20)28-26)32-12-8-17(9-13-32)31-10-4-3-5-11-31/h6-7,14-17H,3-5,8-13H2,1-2H3,(H,27,28)(H,29,30). The van der Waals surface area contributed by atoms with Gasteiger partial charge in [0.25, 0.3) is 0 Å². The zero-order valence-electron chi connectivity index (χ0n) is 19.9. The molecular weight excluding hydrogens is 428 g/mol. The first-order chi connectivity index (χ1) is 16.7. The second-order valence-electron chi connectivity index (χ2n) is 9.43. The molecule has 178 valence electrons. The van der Waals surface area contributed by atoms with Crippen molar-refractivity contribution >= 4 is 27.6 Å². The molecule has 0 unspecified atom stereocenters. The average molecular weight is 461 g/mol. The highest BCUT2D eigenvalue weighted by Gasteiger charge is 2.26. The Balaban J connectivity index is 1.24. The number of benzene rings is 2. The van der Waals surface area contributed by atoms with Gasteiger partial charge in [0.2, 0.25) is 0 Å². The number of imidazole rings is 1. The SMILES string of the molecule is COc1cc2[nH]nc(-c3nc4ccc(N5CCC(N6CCCCC6)CC5)cc4[nH]3)c2cc1OC. The Labute approximate surface area is 199 Å². The van der Waals surface area contributed by atoms with Crippen LogP contribution >= 0.6 is 0 Å². The summed E-state index contributed by atoms with van der Waals surface area (Å²) in [6, 6.07) is 11.1. The van der Waals surface area contributed by atoms with Crippen LogP contribution in [0.5, 0.6) is 11.5 Å². The number of aromatic nitrogens is 4. The number of rotatable bonds is 5. The van der Waals surface area contributed by atoms with Gasteiger partial charge in [-0.15, -0.1) is 0 Å². The normalized spacial score (nSPS) is 18.1. The minimum Gasteiger partial charge on any atom is -0.493 e. The molecule has 0 spiro atoms. The molecular formula is C26H32N6O2. The average Bonchev–Trinajstić information content (AvgIpc) is 3.51. The minimum atomic E-state index is 0.670. The second kappa shape index (κ2) is 8.83. The van der Waals surface area contributed by atoms with Gasteiger partial charge in [-0.3, -0.25) is 5.10 Å². The maximum atomic E-state index is 5.49. The molecule has 2 saturated heterocycles. The first kappa shape index (κ1) is 21.3. The van der Waals surface area contributed by atoms with Gasteiger partial charge in [0.05, 0.1) is 30.8 Å². The fraction of sp³-hybridized carbons (Fsp3) is 0.462. The topological polar surface area (TPSA) is 82.3 Å². The number of H-pyrrole nitrogens is 2. The van der Waals surface area contributed by atoms with Crippen LogP contribution in [0.15, 0.2) is 30.3 Å². The summed E-state index contributed by atoms with van der Waals surface area (Å²) in [6.45, 7) is 4.79. The van der Waals surface area contributed by atoms with E-state index >= 15 is 0 Å². The molecule has 8 heteroatoms. The molecule has 8 nitrogen and oxygen atoms in total. The van der Waals surface area contributed by atoms with Crippen LogP contribution in [0.1, 0.15) is 32.1 Å². The highest BCUT2D eigenvalue weighted by Crippen LogP contribution is 2.36. The molecule has 2 aliphatic rings. The van der Waals surface area contributed by atoms with Crippen LogP contribution in [0.2, 0.25) is 0 Å². The van der Waals surface area contributed by atoms with E-state index in [0.717, 1.165) is 52.6 Å². The third kappa shape index (κ3) is 3.76. The molecule has 0 saturated carbocycles. The predicted octanol–water partition coefficient (Wildman–Crippen LogP) is 4.58. The number of anilines is 1. The van der Waals surface area contributed by atoms with Gasteiger partial charge in [-0.25, -0.2) is 4.98 Å². The van der Waals surface area contributed by atoms with Gasteiger partial charge in [-0.2, -0.15) is 5.10 Å². The summed E-state index contributed by atoms with van der Waals surface area (Å²) in [4.78, 5) is 13.6. The highest BCUT2D eigenvalue weighted by atomic mass is 16.5. The molecule has 0 aliphatic carbocycles. The van der Waals surface area contributed by atoms with Crippen molar-refractivity contribution < 1.29 is 9.47 Å². The van der Waals surface area contributed by atoms with Crippen LogP contribution in [0.3, 0.4) is 0 Å². The molecule has 0 atom stereocenters. The summed E-state index contributed by atoms with van der Waals surface area (Å²) in [5, 5.41) is 8.57. The zero-order valence-corrected chi connectivity index (χ0v) is 19.9. The van der Waals surface area contributed by atoms with E-state index < -0.39 is 0 Å². The predicted molar refractivity (Wildman–Crippen MR) is 135 cm³/mol. The minimum absolute atomic E-state index is 0.670. The van der Waals surface area contributed by atoms with Crippen LogP contribution in [0, 0.1) is 0 Å². The number of piperidine rings is 2. The Bertz CT molecular complexity index is 1300. The van der Waals surface area contributed by atoms with Crippen LogP contribution in [-0.4, -0.2) is 71.5 Å². The van der Waals surface area contributed by atoms with E-state index in [9.17, 15) is 0 Å². The molecule has 4 heterocycles. The van der Waals surface area contributed by atoms with Crippen molar-refractivity contribution in [2.45, 2.75) is 38.1 Å². The van der Waals surface area contributed by atoms with E-state index in [1.54, 1.807) is 14.2 Å². The van der Waals surface area contributed by atoms with Gasteiger partial charge in [0.1, 0.15) is 5.69 Å². The molecule has 2 aromatic heterocycles. The molecule has 4 aromatic rings. The number of hydrogen-bond donors (Lipinski definition) is 2. The second-order valence-corrected chi connectivity index (χ2v) is 9.43. The molecule has 6 rings (SSSR count). The summed E-state index contributed by atoms with van der Waals surface area (Å²) >= 11 is 0. The lowest BCUT2D eigenvalue weighted by molar-refractivity contribution is 0.141. The number of nitrogens with one attached hydrogen (secondary N) is 2. The van der Waals surface area contributed by atoms with E-state index in [4.69, 9.17) is 14.5 Å². The molecule has 2 aromatic carbocycles. The van der Waals surface area contributed by atoms with Crippen LogP contribution in [0.25, 0.3) is 33.5 Å². The maximum absolute atomic E-state index is 5.49. The maximum Gasteiger partial charge on any atom is 0.162 e. The summed E-state index contributed by atoms with van der Waals surface area (Å²) in [6.07, 6.45) is 6.63.